The third-order valence-corrected chi connectivity index (χ3v) is 2.95. The van der Waals surface area contributed by atoms with Crippen molar-refractivity contribution in [1.29, 1.82) is 0 Å². The van der Waals surface area contributed by atoms with Crippen molar-refractivity contribution < 1.29 is 13.2 Å². The van der Waals surface area contributed by atoms with Crippen LogP contribution in [0.2, 0.25) is 0 Å². The zero-order valence-electron chi connectivity index (χ0n) is 9.31. The van der Waals surface area contributed by atoms with Crippen LogP contribution in [0.1, 0.15) is 18.9 Å². The van der Waals surface area contributed by atoms with Crippen molar-refractivity contribution in [1.82, 2.24) is 0 Å². The van der Waals surface area contributed by atoms with E-state index in [4.69, 9.17) is 5.73 Å². The molecule has 1 rings (SSSR count). The minimum atomic E-state index is -4.32. The number of benzene rings is 1. The van der Waals surface area contributed by atoms with Crippen LogP contribution in [0.4, 0.5) is 18.9 Å². The summed E-state index contributed by atoms with van der Waals surface area (Å²) in [5.41, 5.74) is 5.37. The molecule has 0 aromatic heterocycles. The third kappa shape index (κ3) is 4.20. The fraction of sp³-hybridized carbons (Fsp3) is 0.455. The quantitative estimate of drug-likeness (QED) is 0.891. The number of hydrogen-bond acceptors (Lipinski definition) is 2. The Morgan fingerprint density at radius 2 is 2.06 bits per heavy atom. The molecule has 6 heteroatoms. The maximum absolute atomic E-state index is 12.4. The highest BCUT2D eigenvalue weighted by atomic mass is 79.9. The lowest BCUT2D eigenvalue weighted by atomic mass is 10.1. The highest BCUT2D eigenvalue weighted by Gasteiger charge is 2.30. The van der Waals surface area contributed by atoms with Crippen LogP contribution in [-0.4, -0.2) is 12.6 Å². The molecule has 0 radical (unpaired) electrons. The first kappa shape index (κ1) is 14.3. The van der Waals surface area contributed by atoms with Crippen molar-refractivity contribution in [3.05, 3.63) is 28.2 Å². The third-order valence-electron chi connectivity index (χ3n) is 2.30. The van der Waals surface area contributed by atoms with Gasteiger partial charge in [-0.05, 0) is 54.0 Å². The molecule has 0 saturated carbocycles. The lowest BCUT2D eigenvalue weighted by Gasteiger charge is -2.16. The molecule has 0 aliphatic rings. The van der Waals surface area contributed by atoms with Gasteiger partial charge in [-0.1, -0.05) is 0 Å². The van der Waals surface area contributed by atoms with Gasteiger partial charge in [-0.25, -0.2) is 0 Å². The summed E-state index contributed by atoms with van der Waals surface area (Å²) in [6, 6.07) is 3.66. The van der Waals surface area contributed by atoms with Crippen molar-refractivity contribution in [2.24, 2.45) is 5.73 Å². The Bertz CT molecular complexity index is 379. The van der Waals surface area contributed by atoms with Crippen molar-refractivity contribution in [2.45, 2.75) is 25.6 Å². The van der Waals surface area contributed by atoms with Gasteiger partial charge in [0.1, 0.15) is 0 Å². The molecular formula is C11H14BrF3N2. The highest BCUT2D eigenvalue weighted by Crippen LogP contribution is 2.34. The van der Waals surface area contributed by atoms with E-state index >= 15 is 0 Å². The summed E-state index contributed by atoms with van der Waals surface area (Å²) < 4.78 is 37.7. The minimum Gasteiger partial charge on any atom is -0.382 e. The van der Waals surface area contributed by atoms with Crippen LogP contribution in [0.15, 0.2) is 22.7 Å². The Morgan fingerprint density at radius 3 is 2.53 bits per heavy atom. The summed E-state index contributed by atoms with van der Waals surface area (Å²) in [5.74, 6) is 0. The molecule has 1 unspecified atom stereocenters. The Balaban J connectivity index is 2.83. The second-order valence-electron chi connectivity index (χ2n) is 3.82. The molecule has 0 heterocycles. The van der Waals surface area contributed by atoms with Crippen molar-refractivity contribution in [2.75, 3.05) is 11.9 Å². The van der Waals surface area contributed by atoms with E-state index in [9.17, 15) is 13.2 Å². The highest BCUT2D eigenvalue weighted by molar-refractivity contribution is 9.10. The molecule has 1 atom stereocenters. The predicted octanol–water partition coefficient (Wildman–Crippen LogP) is 3.62. The molecule has 0 bridgehead atoms. The van der Waals surface area contributed by atoms with Gasteiger partial charge in [0.25, 0.3) is 0 Å². The Labute approximate surface area is 107 Å². The molecule has 0 spiro atoms. The van der Waals surface area contributed by atoms with Gasteiger partial charge in [-0.15, -0.1) is 0 Å². The van der Waals surface area contributed by atoms with Gasteiger partial charge >= 0.3 is 6.18 Å². The van der Waals surface area contributed by atoms with Crippen LogP contribution in [0.3, 0.4) is 0 Å². The fourth-order valence-electron chi connectivity index (χ4n) is 1.40. The lowest BCUT2D eigenvalue weighted by molar-refractivity contribution is -0.137. The van der Waals surface area contributed by atoms with E-state index in [1.165, 1.54) is 6.07 Å². The van der Waals surface area contributed by atoms with Crippen molar-refractivity contribution in [3.8, 4) is 0 Å². The number of rotatable bonds is 4. The van der Waals surface area contributed by atoms with E-state index in [-0.39, 0.29) is 6.04 Å². The topological polar surface area (TPSA) is 38.0 Å². The van der Waals surface area contributed by atoms with Crippen LogP contribution in [0.5, 0.6) is 0 Å². The summed E-state index contributed by atoms with van der Waals surface area (Å²) in [5, 5.41) is 3.10. The molecule has 2 nitrogen and oxygen atoms in total. The van der Waals surface area contributed by atoms with E-state index in [1.807, 2.05) is 6.92 Å². The van der Waals surface area contributed by atoms with Gasteiger partial charge < -0.3 is 11.1 Å². The van der Waals surface area contributed by atoms with Crippen molar-refractivity contribution in [3.63, 3.8) is 0 Å². The van der Waals surface area contributed by atoms with Gasteiger partial charge in [0.15, 0.2) is 0 Å². The average molecular weight is 311 g/mol. The summed E-state index contributed by atoms with van der Waals surface area (Å²) in [6.45, 7) is 2.46. The number of hydrogen-bond donors (Lipinski definition) is 2. The van der Waals surface area contributed by atoms with Gasteiger partial charge in [0, 0.05) is 16.2 Å². The predicted molar refractivity (Wildman–Crippen MR) is 65.9 cm³/mol. The normalized spacial score (nSPS) is 13.5. The molecule has 0 saturated heterocycles. The molecule has 0 aliphatic heterocycles. The second-order valence-corrected chi connectivity index (χ2v) is 4.67. The fourth-order valence-corrected chi connectivity index (χ4v) is 1.89. The van der Waals surface area contributed by atoms with Gasteiger partial charge in [-0.2, -0.15) is 13.2 Å². The zero-order valence-corrected chi connectivity index (χ0v) is 10.9. The maximum atomic E-state index is 12.4. The summed E-state index contributed by atoms with van der Waals surface area (Å²) in [4.78, 5) is 0. The molecule has 17 heavy (non-hydrogen) atoms. The van der Waals surface area contributed by atoms with Gasteiger partial charge in [-0.3, -0.25) is 0 Å². The van der Waals surface area contributed by atoms with Crippen LogP contribution in [-0.2, 0) is 6.18 Å². The molecule has 1 aromatic rings. The standard InChI is InChI=1S/C11H14BrF3N2/c1-7(4-5-16)17-10-3-2-8(6-9(10)12)11(13,14)15/h2-3,6-7,17H,4-5,16H2,1H3. The average Bonchev–Trinajstić information content (AvgIpc) is 2.20. The van der Waals surface area contributed by atoms with Gasteiger partial charge in [0.05, 0.1) is 5.56 Å². The summed E-state index contributed by atoms with van der Waals surface area (Å²) in [6.07, 6.45) is -3.56. The molecule has 1 aromatic carbocycles. The second kappa shape index (κ2) is 5.73. The SMILES string of the molecule is CC(CCN)Nc1ccc(C(F)(F)F)cc1Br. The Kier molecular flexibility index (Phi) is 4.82. The Morgan fingerprint density at radius 1 is 1.41 bits per heavy atom. The number of alkyl halides is 3. The van der Waals surface area contributed by atoms with Gasteiger partial charge in [0.2, 0.25) is 0 Å². The monoisotopic (exact) mass is 310 g/mol. The lowest BCUT2D eigenvalue weighted by Crippen LogP contribution is -2.19. The van der Waals surface area contributed by atoms with Crippen LogP contribution >= 0.6 is 15.9 Å². The number of halogens is 4. The smallest absolute Gasteiger partial charge is 0.382 e. The van der Waals surface area contributed by atoms with E-state index in [2.05, 4.69) is 21.2 Å². The van der Waals surface area contributed by atoms with E-state index in [0.717, 1.165) is 18.6 Å². The van der Waals surface area contributed by atoms with Crippen LogP contribution in [0, 0.1) is 0 Å². The van der Waals surface area contributed by atoms with E-state index in [0.29, 0.717) is 16.7 Å². The number of anilines is 1. The number of nitrogens with two attached hydrogens (primary N) is 1. The molecule has 96 valence electrons. The minimum absolute atomic E-state index is 0.119. The molecule has 0 fully saturated rings. The molecule has 0 amide bonds. The van der Waals surface area contributed by atoms with Crippen LogP contribution < -0.4 is 11.1 Å². The number of nitrogens with one attached hydrogen (secondary N) is 1. The molecule has 3 N–H and O–H groups in total. The molecule has 0 aliphatic carbocycles. The first-order chi connectivity index (χ1) is 7.84. The maximum Gasteiger partial charge on any atom is 0.416 e. The Hall–Kier alpha value is -0.750. The largest absolute Gasteiger partial charge is 0.416 e. The van der Waals surface area contributed by atoms with E-state index < -0.39 is 11.7 Å². The summed E-state index contributed by atoms with van der Waals surface area (Å²) >= 11 is 3.13. The van der Waals surface area contributed by atoms with Crippen LogP contribution in [0.25, 0.3) is 0 Å². The van der Waals surface area contributed by atoms with E-state index in [1.54, 1.807) is 0 Å². The van der Waals surface area contributed by atoms with Crippen molar-refractivity contribution >= 4 is 21.6 Å². The first-order valence-electron chi connectivity index (χ1n) is 5.18. The summed E-state index contributed by atoms with van der Waals surface area (Å²) in [7, 11) is 0. The zero-order chi connectivity index (χ0) is 13.1. The first-order valence-corrected chi connectivity index (χ1v) is 5.97. The molecular weight excluding hydrogens is 297 g/mol.